The predicted molar refractivity (Wildman–Crippen MR) is 82.6 cm³/mol. The van der Waals surface area contributed by atoms with Gasteiger partial charge in [-0.2, -0.15) is 0 Å². The number of hydrogen-bond acceptors (Lipinski definition) is 2. The first-order valence-electron chi connectivity index (χ1n) is 6.71. The van der Waals surface area contributed by atoms with Crippen LogP contribution in [0.25, 0.3) is 27.1 Å². The Kier molecular flexibility index (Phi) is 2.42. The molecule has 1 aliphatic rings. The van der Waals surface area contributed by atoms with E-state index in [1.807, 2.05) is 30.3 Å². The van der Waals surface area contributed by atoms with Crippen molar-refractivity contribution in [3.05, 3.63) is 66.2 Å². The van der Waals surface area contributed by atoms with E-state index in [1.54, 1.807) is 0 Å². The van der Waals surface area contributed by atoms with Gasteiger partial charge in [-0.25, -0.2) is 0 Å². The standard InChI is InChI=1S/C18H11NO2/c20-17-10-16(18(21)19-17)14-6-5-13-7-11-3-1-2-4-12(11)8-15(13)9-14/h1-10H,(H,19,20,21). The maximum absolute atomic E-state index is 11.7. The van der Waals surface area contributed by atoms with Crippen LogP contribution in [0.5, 0.6) is 0 Å². The highest BCUT2D eigenvalue weighted by atomic mass is 16.2. The summed E-state index contributed by atoms with van der Waals surface area (Å²) in [5, 5.41) is 6.78. The Morgan fingerprint density at radius 1 is 0.714 bits per heavy atom. The topological polar surface area (TPSA) is 46.2 Å². The third kappa shape index (κ3) is 1.91. The van der Waals surface area contributed by atoms with Gasteiger partial charge < -0.3 is 0 Å². The summed E-state index contributed by atoms with van der Waals surface area (Å²) < 4.78 is 0. The first-order valence-corrected chi connectivity index (χ1v) is 6.71. The Hall–Kier alpha value is -2.94. The van der Waals surface area contributed by atoms with Crippen molar-refractivity contribution >= 4 is 38.9 Å². The molecule has 0 spiro atoms. The van der Waals surface area contributed by atoms with E-state index in [9.17, 15) is 9.59 Å². The molecule has 3 heteroatoms. The number of fused-ring (bicyclic) bond motifs is 2. The fraction of sp³-hybridized carbons (Fsp3) is 0. The van der Waals surface area contributed by atoms with Gasteiger partial charge in [-0.3, -0.25) is 14.9 Å². The Bertz CT molecular complexity index is 954. The van der Waals surface area contributed by atoms with E-state index in [0.717, 1.165) is 21.7 Å². The number of benzene rings is 3. The molecular weight excluding hydrogens is 262 g/mol. The van der Waals surface area contributed by atoms with Crippen LogP contribution in [0, 0.1) is 0 Å². The van der Waals surface area contributed by atoms with Crippen molar-refractivity contribution in [3.63, 3.8) is 0 Å². The van der Waals surface area contributed by atoms with Gasteiger partial charge in [0.1, 0.15) is 0 Å². The number of imide groups is 1. The minimum Gasteiger partial charge on any atom is -0.289 e. The largest absolute Gasteiger partial charge is 0.289 e. The van der Waals surface area contributed by atoms with Crippen molar-refractivity contribution in [2.24, 2.45) is 0 Å². The van der Waals surface area contributed by atoms with Crippen molar-refractivity contribution in [2.75, 3.05) is 0 Å². The maximum Gasteiger partial charge on any atom is 0.258 e. The zero-order chi connectivity index (χ0) is 14.4. The molecule has 21 heavy (non-hydrogen) atoms. The van der Waals surface area contributed by atoms with Crippen LogP contribution in [0.3, 0.4) is 0 Å². The molecule has 0 unspecified atom stereocenters. The molecule has 0 aliphatic carbocycles. The van der Waals surface area contributed by atoms with E-state index in [1.165, 1.54) is 11.5 Å². The smallest absolute Gasteiger partial charge is 0.258 e. The molecule has 0 atom stereocenters. The van der Waals surface area contributed by atoms with Crippen molar-refractivity contribution in [1.29, 1.82) is 0 Å². The summed E-state index contributed by atoms with van der Waals surface area (Å²) >= 11 is 0. The number of carbonyl (C=O) groups excluding carboxylic acids is 2. The highest BCUT2D eigenvalue weighted by Crippen LogP contribution is 2.27. The fourth-order valence-electron chi connectivity index (χ4n) is 2.73. The van der Waals surface area contributed by atoms with Gasteiger partial charge >= 0.3 is 0 Å². The van der Waals surface area contributed by atoms with E-state index in [-0.39, 0.29) is 11.8 Å². The Morgan fingerprint density at radius 3 is 2.05 bits per heavy atom. The average Bonchev–Trinajstić information content (AvgIpc) is 2.83. The molecule has 0 fully saturated rings. The lowest BCUT2D eigenvalue weighted by Crippen LogP contribution is -2.21. The SMILES string of the molecule is O=C1C=C(c2ccc3cc4ccccc4cc3c2)C(=O)N1. The van der Waals surface area contributed by atoms with Gasteiger partial charge in [0, 0.05) is 6.08 Å². The van der Waals surface area contributed by atoms with Crippen molar-refractivity contribution in [1.82, 2.24) is 5.32 Å². The molecular formula is C18H11NO2. The zero-order valence-electron chi connectivity index (χ0n) is 11.1. The summed E-state index contributed by atoms with van der Waals surface area (Å²) in [7, 11) is 0. The van der Waals surface area contributed by atoms with E-state index < -0.39 is 0 Å². The first-order chi connectivity index (χ1) is 10.2. The van der Waals surface area contributed by atoms with Crippen LogP contribution in [0.2, 0.25) is 0 Å². The predicted octanol–water partition coefficient (Wildman–Crippen LogP) is 3.03. The van der Waals surface area contributed by atoms with Crippen molar-refractivity contribution in [2.45, 2.75) is 0 Å². The van der Waals surface area contributed by atoms with Crippen LogP contribution < -0.4 is 5.32 Å². The number of nitrogens with one attached hydrogen (secondary N) is 1. The lowest BCUT2D eigenvalue weighted by Gasteiger charge is -2.05. The molecule has 3 aromatic carbocycles. The van der Waals surface area contributed by atoms with Gasteiger partial charge in [-0.15, -0.1) is 0 Å². The molecule has 4 rings (SSSR count). The summed E-state index contributed by atoms with van der Waals surface area (Å²) in [4.78, 5) is 23.0. The number of carbonyl (C=O) groups is 2. The third-order valence-electron chi connectivity index (χ3n) is 3.77. The number of hydrogen-bond donors (Lipinski definition) is 1. The summed E-state index contributed by atoms with van der Waals surface area (Å²) in [6.45, 7) is 0. The fourth-order valence-corrected chi connectivity index (χ4v) is 2.73. The molecule has 0 saturated carbocycles. The third-order valence-corrected chi connectivity index (χ3v) is 3.77. The van der Waals surface area contributed by atoms with Crippen LogP contribution in [0.1, 0.15) is 5.56 Å². The molecule has 0 aromatic heterocycles. The van der Waals surface area contributed by atoms with Crippen LogP contribution >= 0.6 is 0 Å². The van der Waals surface area contributed by atoms with Crippen molar-refractivity contribution < 1.29 is 9.59 Å². The second-order valence-corrected chi connectivity index (χ2v) is 5.14. The van der Waals surface area contributed by atoms with E-state index in [0.29, 0.717) is 5.57 Å². The molecule has 100 valence electrons. The summed E-state index contributed by atoms with van der Waals surface area (Å²) in [5.41, 5.74) is 1.19. The molecule has 2 amide bonds. The lowest BCUT2D eigenvalue weighted by atomic mass is 9.98. The molecule has 1 aliphatic heterocycles. The van der Waals surface area contributed by atoms with Gasteiger partial charge in [0.15, 0.2) is 0 Å². The maximum atomic E-state index is 11.7. The average molecular weight is 273 g/mol. The molecule has 3 aromatic rings. The molecule has 0 bridgehead atoms. The molecule has 3 nitrogen and oxygen atoms in total. The quantitative estimate of drug-likeness (QED) is 0.547. The van der Waals surface area contributed by atoms with Gasteiger partial charge in [-0.05, 0) is 45.3 Å². The summed E-state index contributed by atoms with van der Waals surface area (Å²) in [5.74, 6) is -0.686. The Balaban J connectivity index is 1.93. The normalized spacial score (nSPS) is 14.6. The minimum atomic E-state index is -0.353. The summed E-state index contributed by atoms with van der Waals surface area (Å²) in [6.07, 6.45) is 1.35. The highest BCUT2D eigenvalue weighted by molar-refractivity contribution is 6.33. The van der Waals surface area contributed by atoms with Gasteiger partial charge in [0.25, 0.3) is 11.8 Å². The molecule has 0 saturated heterocycles. The van der Waals surface area contributed by atoms with Crippen LogP contribution in [-0.4, -0.2) is 11.8 Å². The highest BCUT2D eigenvalue weighted by Gasteiger charge is 2.22. The molecule has 1 heterocycles. The minimum absolute atomic E-state index is 0.333. The molecule has 0 radical (unpaired) electrons. The first kappa shape index (κ1) is 11.9. The lowest BCUT2D eigenvalue weighted by molar-refractivity contribution is -0.123. The van der Waals surface area contributed by atoms with Gasteiger partial charge in [0.05, 0.1) is 5.57 Å². The monoisotopic (exact) mass is 273 g/mol. The van der Waals surface area contributed by atoms with Crippen molar-refractivity contribution in [3.8, 4) is 0 Å². The Morgan fingerprint density at radius 2 is 1.38 bits per heavy atom. The Labute approximate surface area is 120 Å². The van der Waals surface area contributed by atoms with Crippen LogP contribution in [0.15, 0.2) is 60.7 Å². The van der Waals surface area contributed by atoms with E-state index in [4.69, 9.17) is 0 Å². The number of rotatable bonds is 1. The van der Waals surface area contributed by atoms with Crippen LogP contribution in [0.4, 0.5) is 0 Å². The van der Waals surface area contributed by atoms with Gasteiger partial charge in [0.2, 0.25) is 0 Å². The molecule has 1 N–H and O–H groups in total. The van der Waals surface area contributed by atoms with E-state index in [2.05, 4.69) is 29.6 Å². The summed E-state index contributed by atoms with van der Waals surface area (Å²) in [6, 6.07) is 18.2. The van der Waals surface area contributed by atoms with Gasteiger partial charge in [-0.1, -0.05) is 36.4 Å². The number of amides is 2. The second-order valence-electron chi connectivity index (χ2n) is 5.14. The second kappa shape index (κ2) is 4.28. The van der Waals surface area contributed by atoms with Crippen LogP contribution in [-0.2, 0) is 9.59 Å². The van der Waals surface area contributed by atoms with E-state index >= 15 is 0 Å². The zero-order valence-corrected chi connectivity index (χ0v) is 11.1.